The van der Waals surface area contributed by atoms with Gasteiger partial charge < -0.3 is 0 Å². The van der Waals surface area contributed by atoms with E-state index in [-0.39, 0.29) is 16.1 Å². The lowest BCUT2D eigenvalue weighted by Gasteiger charge is -2.00. The molecule has 1 rings (SSSR count). The second-order valence-corrected chi connectivity index (χ2v) is 5.18. The highest BCUT2D eigenvalue weighted by Crippen LogP contribution is 2.13. The Kier molecular flexibility index (Phi) is 3.63. The van der Waals surface area contributed by atoms with Crippen molar-refractivity contribution in [2.45, 2.75) is 0 Å². The fourth-order valence-electron chi connectivity index (χ4n) is 0.753. The van der Waals surface area contributed by atoms with E-state index in [0.717, 1.165) is 5.69 Å². The SMILES string of the molecule is C[S+](C)C(=O)Nc1ccc(Cl)cc1. The van der Waals surface area contributed by atoms with Crippen molar-refractivity contribution >= 4 is 33.4 Å². The van der Waals surface area contributed by atoms with Gasteiger partial charge in [0.15, 0.2) is 0 Å². The largest absolute Gasteiger partial charge is 0.433 e. The molecule has 0 bridgehead atoms. The molecule has 1 N–H and O–H groups in total. The van der Waals surface area contributed by atoms with Gasteiger partial charge in [-0.1, -0.05) is 11.6 Å². The highest BCUT2D eigenvalue weighted by molar-refractivity contribution is 8.10. The number of benzene rings is 1. The maximum atomic E-state index is 11.3. The summed E-state index contributed by atoms with van der Waals surface area (Å²) in [6.07, 6.45) is 3.76. The summed E-state index contributed by atoms with van der Waals surface area (Å²) in [6.45, 7) is 0. The first kappa shape index (κ1) is 10.4. The van der Waals surface area contributed by atoms with Crippen LogP contribution in [-0.2, 0) is 10.9 Å². The Labute approximate surface area is 85.6 Å². The fraction of sp³-hybridized carbons (Fsp3) is 0.222. The van der Waals surface area contributed by atoms with Crippen molar-refractivity contribution in [1.29, 1.82) is 0 Å². The molecule has 0 aliphatic carbocycles. The number of amides is 1. The molecule has 2 nitrogen and oxygen atoms in total. The number of hydrogen-bond donors (Lipinski definition) is 1. The zero-order valence-corrected chi connectivity index (χ0v) is 9.08. The quantitative estimate of drug-likeness (QED) is 0.719. The van der Waals surface area contributed by atoms with E-state index < -0.39 is 0 Å². The third kappa shape index (κ3) is 3.28. The number of rotatable bonds is 1. The first-order valence-electron chi connectivity index (χ1n) is 3.74. The molecule has 0 radical (unpaired) electrons. The smallest absolute Gasteiger partial charge is 0.281 e. The number of nitrogens with one attached hydrogen (secondary N) is 1. The second-order valence-electron chi connectivity index (χ2n) is 2.74. The lowest BCUT2D eigenvalue weighted by molar-refractivity contribution is 0.269. The van der Waals surface area contributed by atoms with Gasteiger partial charge in [0.25, 0.3) is 0 Å². The van der Waals surface area contributed by atoms with Crippen molar-refractivity contribution in [2.24, 2.45) is 0 Å². The summed E-state index contributed by atoms with van der Waals surface area (Å²) in [5.74, 6) is 0. The third-order valence-electron chi connectivity index (χ3n) is 1.46. The van der Waals surface area contributed by atoms with Crippen LogP contribution in [0.2, 0.25) is 5.02 Å². The van der Waals surface area contributed by atoms with E-state index in [1.165, 1.54) is 0 Å². The zero-order valence-electron chi connectivity index (χ0n) is 7.50. The molecule has 13 heavy (non-hydrogen) atoms. The van der Waals surface area contributed by atoms with Crippen molar-refractivity contribution in [2.75, 3.05) is 17.8 Å². The average Bonchev–Trinajstić information content (AvgIpc) is 2.08. The molecule has 0 saturated carbocycles. The molecule has 0 saturated heterocycles. The van der Waals surface area contributed by atoms with Crippen molar-refractivity contribution in [1.82, 2.24) is 0 Å². The van der Waals surface area contributed by atoms with Crippen LogP contribution in [0, 0.1) is 0 Å². The maximum Gasteiger partial charge on any atom is 0.433 e. The molecular formula is C9H11ClNOS+. The number of carbonyl (C=O) groups excluding carboxylic acids is 1. The first-order valence-corrected chi connectivity index (χ1v) is 6.15. The van der Waals surface area contributed by atoms with E-state index in [9.17, 15) is 4.79 Å². The molecule has 0 aliphatic rings. The zero-order chi connectivity index (χ0) is 9.84. The molecule has 4 heteroatoms. The Morgan fingerprint density at radius 2 is 1.85 bits per heavy atom. The summed E-state index contributed by atoms with van der Waals surface area (Å²) in [5.41, 5.74) is 0.788. The van der Waals surface area contributed by atoms with Crippen LogP contribution in [0.4, 0.5) is 10.5 Å². The summed E-state index contributed by atoms with van der Waals surface area (Å²) in [4.78, 5) is 11.3. The van der Waals surface area contributed by atoms with E-state index in [2.05, 4.69) is 5.32 Å². The number of carbonyl (C=O) groups is 1. The van der Waals surface area contributed by atoms with Gasteiger partial charge in [-0.2, -0.15) is 0 Å². The van der Waals surface area contributed by atoms with Gasteiger partial charge >= 0.3 is 5.24 Å². The van der Waals surface area contributed by atoms with Crippen LogP contribution >= 0.6 is 11.6 Å². The molecule has 0 spiro atoms. The van der Waals surface area contributed by atoms with E-state index >= 15 is 0 Å². The standard InChI is InChI=1S/C9H10ClNOS/c1-13(2)9(12)11-8-5-3-7(10)4-6-8/h3-6H,1-2H3/p+1. The van der Waals surface area contributed by atoms with Crippen molar-refractivity contribution < 1.29 is 4.79 Å². The van der Waals surface area contributed by atoms with Crippen LogP contribution in [0.1, 0.15) is 0 Å². The number of halogens is 1. The van der Waals surface area contributed by atoms with Crippen LogP contribution < -0.4 is 5.32 Å². The van der Waals surface area contributed by atoms with Crippen LogP contribution in [0.3, 0.4) is 0 Å². The summed E-state index contributed by atoms with van der Waals surface area (Å²) < 4.78 is 0. The minimum Gasteiger partial charge on any atom is -0.281 e. The van der Waals surface area contributed by atoms with Crippen LogP contribution in [0.25, 0.3) is 0 Å². The van der Waals surface area contributed by atoms with E-state index in [1.54, 1.807) is 24.3 Å². The van der Waals surface area contributed by atoms with Gasteiger partial charge in [0.05, 0.1) is 10.9 Å². The molecule has 1 aromatic carbocycles. The molecule has 0 aliphatic heterocycles. The summed E-state index contributed by atoms with van der Waals surface area (Å²) in [5, 5.41) is 3.50. The molecule has 0 aromatic heterocycles. The Morgan fingerprint density at radius 3 is 2.31 bits per heavy atom. The molecule has 1 aromatic rings. The maximum absolute atomic E-state index is 11.3. The Balaban J connectivity index is 2.65. The highest BCUT2D eigenvalue weighted by Gasteiger charge is 2.16. The molecule has 0 unspecified atom stereocenters. The third-order valence-corrected chi connectivity index (χ3v) is 2.56. The molecule has 0 fully saturated rings. The number of hydrogen-bond acceptors (Lipinski definition) is 1. The van der Waals surface area contributed by atoms with Gasteiger partial charge in [-0.05, 0) is 24.3 Å². The van der Waals surface area contributed by atoms with Crippen LogP contribution in [0.15, 0.2) is 24.3 Å². The van der Waals surface area contributed by atoms with Gasteiger partial charge in [-0.25, -0.2) is 4.79 Å². The van der Waals surface area contributed by atoms with E-state index in [0.29, 0.717) is 5.02 Å². The molecule has 0 heterocycles. The van der Waals surface area contributed by atoms with Crippen molar-refractivity contribution in [3.05, 3.63) is 29.3 Å². The molecule has 1 amide bonds. The Morgan fingerprint density at radius 1 is 1.31 bits per heavy atom. The van der Waals surface area contributed by atoms with Gasteiger partial charge in [-0.3, -0.25) is 5.32 Å². The van der Waals surface area contributed by atoms with Gasteiger partial charge in [0.2, 0.25) is 0 Å². The summed E-state index contributed by atoms with van der Waals surface area (Å²) in [6, 6.07) is 7.07. The van der Waals surface area contributed by atoms with Crippen LogP contribution in [-0.4, -0.2) is 17.8 Å². The number of anilines is 1. The Hall–Kier alpha value is -0.670. The normalized spacial score (nSPS) is 10.2. The molecule has 0 atom stereocenters. The van der Waals surface area contributed by atoms with Gasteiger partial charge in [0, 0.05) is 10.7 Å². The topological polar surface area (TPSA) is 29.1 Å². The first-order chi connectivity index (χ1) is 6.09. The monoisotopic (exact) mass is 216 g/mol. The van der Waals surface area contributed by atoms with Crippen LogP contribution in [0.5, 0.6) is 0 Å². The van der Waals surface area contributed by atoms with Gasteiger partial charge in [0.1, 0.15) is 12.5 Å². The van der Waals surface area contributed by atoms with E-state index in [4.69, 9.17) is 11.6 Å². The van der Waals surface area contributed by atoms with Gasteiger partial charge in [-0.15, -0.1) is 0 Å². The minimum atomic E-state index is -0.249. The molecule has 70 valence electrons. The average molecular weight is 217 g/mol. The predicted octanol–water partition coefficient (Wildman–Crippen LogP) is 2.75. The lowest BCUT2D eigenvalue weighted by Crippen LogP contribution is -2.18. The van der Waals surface area contributed by atoms with Crippen molar-refractivity contribution in [3.63, 3.8) is 0 Å². The Bertz CT molecular complexity index is 297. The summed E-state index contributed by atoms with van der Waals surface area (Å²) >= 11 is 5.70. The minimum absolute atomic E-state index is 0.0438. The van der Waals surface area contributed by atoms with E-state index in [1.807, 2.05) is 12.5 Å². The second kappa shape index (κ2) is 4.53. The predicted molar refractivity (Wildman–Crippen MR) is 59.7 cm³/mol. The molecular weight excluding hydrogens is 206 g/mol. The van der Waals surface area contributed by atoms with Crippen molar-refractivity contribution in [3.8, 4) is 0 Å². The lowest BCUT2D eigenvalue weighted by atomic mass is 10.3. The highest BCUT2D eigenvalue weighted by atomic mass is 35.5. The summed E-state index contributed by atoms with van der Waals surface area (Å²) in [7, 11) is -0.249. The fourth-order valence-corrected chi connectivity index (χ4v) is 1.20.